The first-order valence-corrected chi connectivity index (χ1v) is 10.7. The fourth-order valence-electron chi connectivity index (χ4n) is 4.43. The Morgan fingerprint density at radius 3 is 2.70 bits per heavy atom. The van der Waals surface area contributed by atoms with E-state index in [9.17, 15) is 4.79 Å². The molecule has 1 aromatic carbocycles. The SMILES string of the molecule is NOC(CCC=C(C1CCCCC1)C(Cc1ccccc1)n1ccnc1)C(=O)NO. The van der Waals surface area contributed by atoms with Crippen LogP contribution < -0.4 is 11.4 Å². The van der Waals surface area contributed by atoms with E-state index in [1.54, 1.807) is 5.48 Å². The van der Waals surface area contributed by atoms with Crippen molar-refractivity contribution in [2.24, 2.45) is 11.8 Å². The lowest BCUT2D eigenvalue weighted by molar-refractivity contribution is -0.142. The Kier molecular flexibility index (Phi) is 8.62. The normalized spacial score (nSPS) is 17.5. The Labute approximate surface area is 177 Å². The van der Waals surface area contributed by atoms with Gasteiger partial charge in [-0.2, -0.15) is 0 Å². The summed E-state index contributed by atoms with van der Waals surface area (Å²) in [7, 11) is 0. The fraction of sp³-hybridized carbons (Fsp3) is 0.478. The highest BCUT2D eigenvalue weighted by atomic mass is 16.6. The summed E-state index contributed by atoms with van der Waals surface area (Å²) >= 11 is 0. The molecule has 1 aliphatic carbocycles. The van der Waals surface area contributed by atoms with Crippen molar-refractivity contribution < 1.29 is 14.8 Å². The Hall–Kier alpha value is -2.48. The quantitative estimate of drug-likeness (QED) is 0.314. The summed E-state index contributed by atoms with van der Waals surface area (Å²) in [5, 5.41) is 8.87. The molecule has 0 spiro atoms. The van der Waals surface area contributed by atoms with Gasteiger partial charge in [-0.25, -0.2) is 16.4 Å². The molecule has 1 aromatic heterocycles. The number of nitrogens with one attached hydrogen (secondary N) is 1. The van der Waals surface area contributed by atoms with Crippen LogP contribution in [0.25, 0.3) is 0 Å². The minimum Gasteiger partial charge on any atom is -0.330 e. The van der Waals surface area contributed by atoms with E-state index in [0.29, 0.717) is 18.8 Å². The molecule has 1 aliphatic rings. The van der Waals surface area contributed by atoms with Crippen LogP contribution in [-0.4, -0.2) is 26.8 Å². The number of hydrogen-bond acceptors (Lipinski definition) is 5. The van der Waals surface area contributed by atoms with Crippen molar-refractivity contribution in [1.82, 2.24) is 15.0 Å². The van der Waals surface area contributed by atoms with Crippen LogP contribution in [-0.2, 0) is 16.1 Å². The molecule has 30 heavy (non-hydrogen) atoms. The van der Waals surface area contributed by atoms with E-state index in [1.165, 1.54) is 43.2 Å². The first kappa shape index (κ1) is 22.2. The molecule has 7 heteroatoms. The number of carbonyl (C=O) groups is 1. The number of nitrogens with zero attached hydrogens (tertiary/aromatic N) is 2. The van der Waals surface area contributed by atoms with Gasteiger partial charge in [0.15, 0.2) is 6.10 Å². The van der Waals surface area contributed by atoms with Gasteiger partial charge in [0.25, 0.3) is 5.91 Å². The van der Waals surface area contributed by atoms with Crippen LogP contribution in [0.5, 0.6) is 0 Å². The molecule has 0 saturated heterocycles. The molecular weight excluding hydrogens is 380 g/mol. The van der Waals surface area contributed by atoms with E-state index < -0.39 is 12.0 Å². The Bertz CT molecular complexity index is 786. The van der Waals surface area contributed by atoms with Gasteiger partial charge >= 0.3 is 0 Å². The summed E-state index contributed by atoms with van der Waals surface area (Å²) in [6.07, 6.45) is 15.2. The molecule has 0 bridgehead atoms. The lowest BCUT2D eigenvalue weighted by Crippen LogP contribution is -2.36. The van der Waals surface area contributed by atoms with E-state index in [4.69, 9.17) is 15.9 Å². The number of rotatable bonds is 10. The van der Waals surface area contributed by atoms with Crippen LogP contribution in [0.15, 0.2) is 60.7 Å². The summed E-state index contributed by atoms with van der Waals surface area (Å²) < 4.78 is 2.19. The molecule has 4 N–H and O–H groups in total. The molecule has 2 atom stereocenters. The first-order chi connectivity index (χ1) is 14.7. The molecular formula is C23H32N4O3. The van der Waals surface area contributed by atoms with Crippen LogP contribution in [0, 0.1) is 5.92 Å². The topological polar surface area (TPSA) is 102 Å². The number of hydroxylamine groups is 1. The second-order valence-electron chi connectivity index (χ2n) is 7.93. The van der Waals surface area contributed by atoms with Crippen LogP contribution in [0.4, 0.5) is 0 Å². The molecule has 162 valence electrons. The van der Waals surface area contributed by atoms with E-state index in [-0.39, 0.29) is 6.04 Å². The number of nitrogens with two attached hydrogens (primary N) is 1. The van der Waals surface area contributed by atoms with Gasteiger partial charge in [0, 0.05) is 12.4 Å². The number of carbonyl (C=O) groups excluding carboxylic acids is 1. The standard InChI is InChI=1S/C23H32N4O3/c24-30-22(23(28)26-29)13-7-12-20(19-10-5-2-6-11-19)21(27-15-14-25-17-27)16-18-8-3-1-4-9-18/h1,3-4,8-9,12,14-15,17,19,21-22,29H,2,5-7,10-11,13,16,24H2,(H,26,28). The second kappa shape index (κ2) is 11.6. The number of imidazole rings is 1. The van der Waals surface area contributed by atoms with Crippen molar-refractivity contribution in [3.05, 3.63) is 66.3 Å². The van der Waals surface area contributed by atoms with E-state index >= 15 is 0 Å². The van der Waals surface area contributed by atoms with Gasteiger partial charge in [-0.05, 0) is 49.2 Å². The average Bonchev–Trinajstić information content (AvgIpc) is 3.34. The molecule has 0 radical (unpaired) electrons. The molecule has 1 fully saturated rings. The van der Waals surface area contributed by atoms with Crippen molar-refractivity contribution in [3.8, 4) is 0 Å². The summed E-state index contributed by atoms with van der Waals surface area (Å²) in [4.78, 5) is 20.7. The number of aromatic nitrogens is 2. The van der Waals surface area contributed by atoms with Crippen LogP contribution in [0.2, 0.25) is 0 Å². The predicted molar refractivity (Wildman–Crippen MR) is 114 cm³/mol. The summed E-state index contributed by atoms with van der Waals surface area (Å²) in [5.74, 6) is 5.13. The summed E-state index contributed by atoms with van der Waals surface area (Å²) in [6.45, 7) is 0. The number of allylic oxidation sites excluding steroid dienone is 2. The van der Waals surface area contributed by atoms with Gasteiger partial charge < -0.3 is 4.57 Å². The zero-order chi connectivity index (χ0) is 21.2. The highest BCUT2D eigenvalue weighted by Gasteiger charge is 2.26. The number of amides is 1. The number of benzene rings is 1. The molecule has 3 rings (SSSR count). The van der Waals surface area contributed by atoms with E-state index in [0.717, 1.165) is 6.42 Å². The molecule has 1 saturated carbocycles. The number of hydrogen-bond donors (Lipinski definition) is 3. The van der Waals surface area contributed by atoms with Gasteiger partial charge in [-0.3, -0.25) is 14.8 Å². The molecule has 1 amide bonds. The largest absolute Gasteiger partial charge is 0.330 e. The molecule has 7 nitrogen and oxygen atoms in total. The van der Waals surface area contributed by atoms with Gasteiger partial charge in [0.1, 0.15) is 0 Å². The Balaban J connectivity index is 1.86. The summed E-state index contributed by atoms with van der Waals surface area (Å²) in [6, 6.07) is 10.7. The smallest absolute Gasteiger partial charge is 0.274 e. The van der Waals surface area contributed by atoms with Gasteiger partial charge in [0.05, 0.1) is 12.4 Å². The molecule has 2 unspecified atom stereocenters. The first-order valence-electron chi connectivity index (χ1n) is 10.7. The molecule has 2 aromatic rings. The van der Waals surface area contributed by atoms with Gasteiger partial charge in [-0.1, -0.05) is 55.7 Å². The lowest BCUT2D eigenvalue weighted by atomic mass is 9.79. The van der Waals surface area contributed by atoms with E-state index in [1.807, 2.05) is 24.8 Å². The third-order valence-corrected chi connectivity index (χ3v) is 5.99. The van der Waals surface area contributed by atoms with Gasteiger partial charge in [0.2, 0.25) is 0 Å². The Morgan fingerprint density at radius 2 is 2.07 bits per heavy atom. The average molecular weight is 413 g/mol. The van der Waals surface area contributed by atoms with Crippen molar-refractivity contribution in [2.75, 3.05) is 0 Å². The third-order valence-electron chi connectivity index (χ3n) is 5.99. The van der Waals surface area contributed by atoms with Crippen LogP contribution in [0.1, 0.15) is 56.6 Å². The maximum atomic E-state index is 11.7. The zero-order valence-corrected chi connectivity index (χ0v) is 17.3. The van der Waals surface area contributed by atoms with Crippen molar-refractivity contribution in [1.29, 1.82) is 0 Å². The fourth-order valence-corrected chi connectivity index (χ4v) is 4.43. The Morgan fingerprint density at radius 1 is 1.30 bits per heavy atom. The van der Waals surface area contributed by atoms with Crippen LogP contribution >= 0.6 is 0 Å². The molecule has 0 aliphatic heterocycles. The monoisotopic (exact) mass is 412 g/mol. The predicted octanol–water partition coefficient (Wildman–Crippen LogP) is 3.72. The zero-order valence-electron chi connectivity index (χ0n) is 17.3. The highest BCUT2D eigenvalue weighted by molar-refractivity contribution is 5.79. The van der Waals surface area contributed by atoms with Crippen molar-refractivity contribution in [2.45, 2.75) is 63.5 Å². The third kappa shape index (κ3) is 6.01. The van der Waals surface area contributed by atoms with Gasteiger partial charge in [-0.15, -0.1) is 0 Å². The maximum Gasteiger partial charge on any atom is 0.274 e. The van der Waals surface area contributed by atoms with Crippen LogP contribution in [0.3, 0.4) is 0 Å². The minimum atomic E-state index is -0.875. The van der Waals surface area contributed by atoms with Crippen molar-refractivity contribution in [3.63, 3.8) is 0 Å². The minimum absolute atomic E-state index is 0.168. The highest BCUT2D eigenvalue weighted by Crippen LogP contribution is 2.37. The molecule has 1 heterocycles. The lowest BCUT2D eigenvalue weighted by Gasteiger charge is -2.31. The summed E-state index contributed by atoms with van der Waals surface area (Å²) in [5.41, 5.74) is 4.28. The maximum absolute atomic E-state index is 11.7. The van der Waals surface area contributed by atoms with E-state index in [2.05, 4.69) is 39.9 Å². The second-order valence-corrected chi connectivity index (χ2v) is 7.93. The van der Waals surface area contributed by atoms with Crippen molar-refractivity contribution >= 4 is 5.91 Å².